The molecule has 1 aliphatic heterocycles. The minimum atomic E-state index is -0.869. The Morgan fingerprint density at radius 2 is 2.00 bits per heavy atom. The predicted molar refractivity (Wildman–Crippen MR) is 45.5 cm³/mol. The van der Waals surface area contributed by atoms with Gasteiger partial charge < -0.3 is 0 Å². The second-order valence-corrected chi connectivity index (χ2v) is 2.75. The van der Waals surface area contributed by atoms with Gasteiger partial charge >= 0.3 is 11.9 Å². The molecule has 0 aromatic carbocycles. The van der Waals surface area contributed by atoms with Crippen LogP contribution in [-0.4, -0.2) is 23.4 Å². The van der Waals surface area contributed by atoms with Crippen molar-refractivity contribution in [3.63, 3.8) is 0 Å². The molecule has 0 unspecified atom stereocenters. The molecular weight excluding hydrogens is 172 g/mol. The summed E-state index contributed by atoms with van der Waals surface area (Å²) in [5, 5.41) is 1.82. The Morgan fingerprint density at radius 3 is 2.62 bits per heavy atom. The lowest BCUT2D eigenvalue weighted by atomic mass is 10.1. The standard InChI is InChI=1S/C8H10N2O3/c1-2-3-4-5-6(11)7(12)10-8(13)9-5/h2-4H2,1H3,(H,10,12,13). The van der Waals surface area contributed by atoms with E-state index in [4.69, 9.17) is 0 Å². The minimum absolute atomic E-state index is 0.0793. The quantitative estimate of drug-likeness (QED) is 0.643. The lowest BCUT2D eigenvalue weighted by Crippen LogP contribution is -2.43. The third-order valence-electron chi connectivity index (χ3n) is 1.69. The Morgan fingerprint density at radius 1 is 1.31 bits per heavy atom. The van der Waals surface area contributed by atoms with Gasteiger partial charge in [0.1, 0.15) is 0 Å². The van der Waals surface area contributed by atoms with Crippen molar-refractivity contribution in [3.8, 4) is 0 Å². The summed E-state index contributed by atoms with van der Waals surface area (Å²) in [6.07, 6.45) is 2.04. The molecule has 0 atom stereocenters. The molecule has 5 nitrogen and oxygen atoms in total. The molecule has 1 N–H and O–H groups in total. The first-order chi connectivity index (χ1) is 6.15. The van der Waals surface area contributed by atoms with Gasteiger partial charge in [-0.15, -0.1) is 0 Å². The van der Waals surface area contributed by atoms with Crippen molar-refractivity contribution in [1.82, 2.24) is 5.32 Å². The topological polar surface area (TPSA) is 75.6 Å². The molecule has 5 heteroatoms. The van der Waals surface area contributed by atoms with Crippen LogP contribution in [0.2, 0.25) is 0 Å². The van der Waals surface area contributed by atoms with Crippen LogP contribution < -0.4 is 5.32 Å². The number of hydrogen-bond acceptors (Lipinski definition) is 3. The van der Waals surface area contributed by atoms with Crippen molar-refractivity contribution < 1.29 is 14.4 Å². The van der Waals surface area contributed by atoms with E-state index in [0.29, 0.717) is 6.42 Å². The molecule has 0 bridgehead atoms. The zero-order valence-corrected chi connectivity index (χ0v) is 7.29. The maximum Gasteiger partial charge on any atom is 0.348 e. The highest BCUT2D eigenvalue weighted by Crippen LogP contribution is 2.02. The number of Topliss-reactive ketones (excluding diaryl/α,β-unsaturated/α-hetero) is 1. The van der Waals surface area contributed by atoms with Crippen LogP contribution in [0.25, 0.3) is 0 Å². The second-order valence-electron chi connectivity index (χ2n) is 2.75. The number of unbranched alkanes of at least 4 members (excludes halogenated alkanes) is 1. The Hall–Kier alpha value is -1.52. The number of amides is 3. The smallest absolute Gasteiger partial charge is 0.282 e. The highest BCUT2D eigenvalue weighted by molar-refractivity contribution is 6.67. The van der Waals surface area contributed by atoms with Gasteiger partial charge in [0, 0.05) is 0 Å². The van der Waals surface area contributed by atoms with E-state index >= 15 is 0 Å². The number of hydrogen-bond donors (Lipinski definition) is 1. The summed E-state index contributed by atoms with van der Waals surface area (Å²) in [5.74, 6) is -1.56. The monoisotopic (exact) mass is 182 g/mol. The number of aliphatic imine (C=N–C) groups is 1. The normalized spacial score (nSPS) is 17.0. The lowest BCUT2D eigenvalue weighted by Gasteiger charge is -2.08. The van der Waals surface area contributed by atoms with Gasteiger partial charge in [0.05, 0.1) is 5.71 Å². The predicted octanol–water partition coefficient (Wildman–Crippen LogP) is 0.436. The van der Waals surface area contributed by atoms with E-state index in [1.165, 1.54) is 0 Å². The summed E-state index contributed by atoms with van der Waals surface area (Å²) in [6, 6.07) is -0.740. The van der Waals surface area contributed by atoms with E-state index in [2.05, 4.69) is 4.99 Å². The van der Waals surface area contributed by atoms with Gasteiger partial charge in [0.15, 0.2) is 0 Å². The number of rotatable bonds is 3. The lowest BCUT2D eigenvalue weighted by molar-refractivity contribution is -0.133. The van der Waals surface area contributed by atoms with Gasteiger partial charge in [-0.3, -0.25) is 14.9 Å². The van der Waals surface area contributed by atoms with Crippen molar-refractivity contribution in [3.05, 3.63) is 0 Å². The Bertz CT molecular complexity index is 294. The SMILES string of the molecule is CCCCC1=NC(=O)NC(=O)C1=O. The van der Waals surface area contributed by atoms with Crippen molar-refractivity contribution in [2.45, 2.75) is 26.2 Å². The van der Waals surface area contributed by atoms with E-state index < -0.39 is 17.7 Å². The molecule has 70 valence electrons. The molecule has 13 heavy (non-hydrogen) atoms. The van der Waals surface area contributed by atoms with E-state index in [1.807, 2.05) is 12.2 Å². The molecular formula is C8H10N2O3. The van der Waals surface area contributed by atoms with Crippen molar-refractivity contribution in [2.75, 3.05) is 0 Å². The van der Waals surface area contributed by atoms with E-state index in [0.717, 1.165) is 12.8 Å². The summed E-state index contributed by atoms with van der Waals surface area (Å²) < 4.78 is 0. The third kappa shape index (κ3) is 2.21. The van der Waals surface area contributed by atoms with Crippen LogP contribution >= 0.6 is 0 Å². The molecule has 0 saturated heterocycles. The Kier molecular flexibility index (Phi) is 2.89. The van der Waals surface area contributed by atoms with Crippen LogP contribution in [0, 0.1) is 0 Å². The molecule has 1 rings (SSSR count). The maximum absolute atomic E-state index is 11.1. The molecule has 0 aliphatic carbocycles. The Balaban J connectivity index is 2.74. The number of carbonyl (C=O) groups excluding carboxylic acids is 3. The average molecular weight is 182 g/mol. The first-order valence-corrected chi connectivity index (χ1v) is 4.12. The molecule has 0 aromatic heterocycles. The molecule has 0 fully saturated rings. The minimum Gasteiger partial charge on any atom is -0.282 e. The van der Waals surface area contributed by atoms with Gasteiger partial charge in [-0.2, -0.15) is 4.99 Å². The van der Waals surface area contributed by atoms with Gasteiger partial charge in [-0.1, -0.05) is 13.3 Å². The first-order valence-electron chi connectivity index (χ1n) is 4.12. The maximum atomic E-state index is 11.1. The number of imide groups is 1. The Labute approximate surface area is 75.2 Å². The highest BCUT2D eigenvalue weighted by atomic mass is 16.2. The summed E-state index contributed by atoms with van der Waals surface area (Å²) in [7, 11) is 0. The zero-order valence-electron chi connectivity index (χ0n) is 7.29. The summed E-state index contributed by atoms with van der Waals surface area (Å²) in [4.78, 5) is 36.1. The fourth-order valence-electron chi connectivity index (χ4n) is 1.000. The van der Waals surface area contributed by atoms with Gasteiger partial charge in [-0.25, -0.2) is 4.79 Å². The molecule has 3 amide bonds. The fourth-order valence-corrected chi connectivity index (χ4v) is 1.000. The van der Waals surface area contributed by atoms with Crippen molar-refractivity contribution in [1.29, 1.82) is 0 Å². The van der Waals surface area contributed by atoms with E-state index in [-0.39, 0.29) is 5.71 Å². The van der Waals surface area contributed by atoms with Crippen molar-refractivity contribution >= 4 is 23.4 Å². The van der Waals surface area contributed by atoms with Crippen LogP contribution in [-0.2, 0) is 9.59 Å². The van der Waals surface area contributed by atoms with Crippen LogP contribution in [0.4, 0.5) is 4.79 Å². The zero-order chi connectivity index (χ0) is 9.84. The molecule has 1 heterocycles. The van der Waals surface area contributed by atoms with Crippen LogP contribution in [0.5, 0.6) is 0 Å². The second kappa shape index (κ2) is 3.93. The summed E-state index contributed by atoms with van der Waals surface area (Å²) in [5.41, 5.74) is 0.0793. The fraction of sp³-hybridized carbons (Fsp3) is 0.500. The van der Waals surface area contributed by atoms with Crippen molar-refractivity contribution in [2.24, 2.45) is 4.99 Å². The number of ketones is 1. The summed E-state index contributed by atoms with van der Waals surface area (Å²) >= 11 is 0. The molecule has 0 saturated carbocycles. The van der Waals surface area contributed by atoms with Gasteiger partial charge in [-0.05, 0) is 12.8 Å². The van der Waals surface area contributed by atoms with Crippen LogP contribution in [0.1, 0.15) is 26.2 Å². The van der Waals surface area contributed by atoms with Gasteiger partial charge in [0.25, 0.3) is 5.78 Å². The van der Waals surface area contributed by atoms with Crippen LogP contribution in [0.15, 0.2) is 4.99 Å². The van der Waals surface area contributed by atoms with E-state index in [1.54, 1.807) is 0 Å². The third-order valence-corrected chi connectivity index (χ3v) is 1.69. The highest BCUT2D eigenvalue weighted by Gasteiger charge is 2.27. The molecule has 1 aliphatic rings. The first kappa shape index (κ1) is 9.57. The van der Waals surface area contributed by atoms with E-state index in [9.17, 15) is 14.4 Å². The number of nitrogens with zero attached hydrogens (tertiary/aromatic N) is 1. The summed E-state index contributed by atoms with van der Waals surface area (Å²) in [6.45, 7) is 1.95. The number of carbonyl (C=O) groups is 3. The van der Waals surface area contributed by atoms with Gasteiger partial charge in [0.2, 0.25) is 0 Å². The van der Waals surface area contributed by atoms with Crippen LogP contribution in [0.3, 0.4) is 0 Å². The largest absolute Gasteiger partial charge is 0.348 e. The number of nitrogens with one attached hydrogen (secondary N) is 1. The molecule has 0 spiro atoms. The number of urea groups is 1. The molecule has 0 aromatic rings. The molecule has 0 radical (unpaired) electrons. The average Bonchev–Trinajstić information content (AvgIpc) is 2.09.